The standard InChI is InChI=1S/C13H9N5OS/c14-13-16-12(9-3-1-5-19-9)15-11-7-8(17-18(11)13)10-4-2-6-20-10/h1-7H,(H2,14,15,16). The molecular formula is C13H9N5OS. The van der Waals surface area contributed by atoms with E-state index < -0.39 is 0 Å². The van der Waals surface area contributed by atoms with Crippen LogP contribution in [0, 0.1) is 0 Å². The van der Waals surface area contributed by atoms with Crippen molar-refractivity contribution in [1.82, 2.24) is 19.6 Å². The highest BCUT2D eigenvalue weighted by Crippen LogP contribution is 2.25. The maximum Gasteiger partial charge on any atom is 0.225 e. The van der Waals surface area contributed by atoms with Crippen LogP contribution in [0.5, 0.6) is 0 Å². The maximum atomic E-state index is 5.94. The number of nitrogens with two attached hydrogens (primary N) is 1. The average Bonchev–Trinajstić information content (AvgIpc) is 3.19. The minimum Gasteiger partial charge on any atom is -0.461 e. The van der Waals surface area contributed by atoms with Crippen molar-refractivity contribution in [2.45, 2.75) is 0 Å². The third-order valence-electron chi connectivity index (χ3n) is 2.86. The van der Waals surface area contributed by atoms with E-state index in [1.54, 1.807) is 29.7 Å². The predicted molar refractivity (Wildman–Crippen MR) is 76.2 cm³/mol. The molecule has 0 atom stereocenters. The summed E-state index contributed by atoms with van der Waals surface area (Å²) in [6, 6.07) is 9.45. The molecule has 7 heteroatoms. The van der Waals surface area contributed by atoms with E-state index in [0.29, 0.717) is 17.2 Å². The summed E-state index contributed by atoms with van der Waals surface area (Å²) >= 11 is 1.62. The number of furan rings is 1. The normalized spacial score (nSPS) is 11.2. The van der Waals surface area contributed by atoms with Crippen LogP contribution in [-0.2, 0) is 0 Å². The van der Waals surface area contributed by atoms with Gasteiger partial charge in [0, 0.05) is 6.07 Å². The van der Waals surface area contributed by atoms with E-state index in [0.717, 1.165) is 10.6 Å². The van der Waals surface area contributed by atoms with E-state index in [1.165, 1.54) is 4.52 Å². The lowest BCUT2D eigenvalue weighted by Crippen LogP contribution is -2.04. The summed E-state index contributed by atoms with van der Waals surface area (Å²) in [5.74, 6) is 1.32. The van der Waals surface area contributed by atoms with Gasteiger partial charge in [-0.15, -0.1) is 11.3 Å². The molecule has 0 saturated heterocycles. The fraction of sp³-hybridized carbons (Fsp3) is 0. The maximum absolute atomic E-state index is 5.94. The van der Waals surface area contributed by atoms with Gasteiger partial charge in [0.25, 0.3) is 0 Å². The van der Waals surface area contributed by atoms with Crippen molar-refractivity contribution in [2.24, 2.45) is 0 Å². The van der Waals surface area contributed by atoms with Crippen LogP contribution in [0.25, 0.3) is 27.8 Å². The van der Waals surface area contributed by atoms with Crippen LogP contribution in [0.1, 0.15) is 0 Å². The SMILES string of the molecule is Nc1nc(-c2ccco2)nc2cc(-c3cccs3)nn12. The van der Waals surface area contributed by atoms with Crippen LogP contribution in [-0.4, -0.2) is 19.6 Å². The summed E-state index contributed by atoms with van der Waals surface area (Å²) in [5, 5.41) is 6.43. The third kappa shape index (κ3) is 1.68. The van der Waals surface area contributed by atoms with Crippen molar-refractivity contribution in [3.05, 3.63) is 42.0 Å². The predicted octanol–water partition coefficient (Wildman–Crippen LogP) is 2.70. The molecule has 0 radical (unpaired) electrons. The van der Waals surface area contributed by atoms with Crippen LogP contribution >= 0.6 is 11.3 Å². The highest BCUT2D eigenvalue weighted by molar-refractivity contribution is 7.13. The Balaban J connectivity index is 1.92. The zero-order chi connectivity index (χ0) is 13.5. The highest BCUT2D eigenvalue weighted by atomic mass is 32.1. The second-order valence-electron chi connectivity index (χ2n) is 4.16. The number of thiophene rings is 1. The summed E-state index contributed by atoms with van der Waals surface area (Å²) in [6.45, 7) is 0. The molecule has 0 amide bonds. The van der Waals surface area contributed by atoms with Gasteiger partial charge in [0.2, 0.25) is 11.8 Å². The molecule has 98 valence electrons. The molecule has 4 rings (SSSR count). The molecule has 20 heavy (non-hydrogen) atoms. The number of anilines is 1. The largest absolute Gasteiger partial charge is 0.461 e. The number of nitrogens with zero attached hydrogens (tertiary/aromatic N) is 4. The molecule has 0 bridgehead atoms. The van der Waals surface area contributed by atoms with Crippen LogP contribution in [0.3, 0.4) is 0 Å². The summed E-state index contributed by atoms with van der Waals surface area (Å²) in [5.41, 5.74) is 7.42. The first-order valence-electron chi connectivity index (χ1n) is 5.92. The minimum absolute atomic E-state index is 0.282. The Hall–Kier alpha value is -2.67. The molecule has 0 aromatic carbocycles. The molecule has 0 aliphatic carbocycles. The quantitative estimate of drug-likeness (QED) is 0.611. The number of nitrogen functional groups attached to an aromatic ring is 1. The van der Waals surface area contributed by atoms with Gasteiger partial charge in [-0.3, -0.25) is 0 Å². The van der Waals surface area contributed by atoms with Crippen molar-refractivity contribution >= 4 is 22.9 Å². The lowest BCUT2D eigenvalue weighted by Gasteiger charge is -2.00. The van der Waals surface area contributed by atoms with Crippen molar-refractivity contribution < 1.29 is 4.42 Å². The fourth-order valence-electron chi connectivity index (χ4n) is 1.97. The second kappa shape index (κ2) is 4.17. The molecule has 0 saturated carbocycles. The van der Waals surface area contributed by atoms with Gasteiger partial charge in [0.15, 0.2) is 11.4 Å². The van der Waals surface area contributed by atoms with E-state index in [-0.39, 0.29) is 5.95 Å². The minimum atomic E-state index is 0.282. The van der Waals surface area contributed by atoms with Gasteiger partial charge in [-0.2, -0.15) is 14.6 Å². The Bertz CT molecular complexity index is 864. The smallest absolute Gasteiger partial charge is 0.225 e. The molecule has 0 fully saturated rings. The fourth-order valence-corrected chi connectivity index (χ4v) is 2.65. The van der Waals surface area contributed by atoms with Crippen molar-refractivity contribution in [2.75, 3.05) is 5.73 Å². The summed E-state index contributed by atoms with van der Waals surface area (Å²) in [6.07, 6.45) is 1.58. The molecule has 4 heterocycles. The lowest BCUT2D eigenvalue weighted by atomic mass is 10.3. The molecule has 0 aliphatic rings. The zero-order valence-corrected chi connectivity index (χ0v) is 11.0. The molecule has 0 aliphatic heterocycles. The van der Waals surface area contributed by atoms with Gasteiger partial charge < -0.3 is 10.2 Å². The number of hydrogen-bond donors (Lipinski definition) is 1. The molecule has 4 aromatic rings. The van der Waals surface area contributed by atoms with Gasteiger partial charge >= 0.3 is 0 Å². The molecule has 4 aromatic heterocycles. The van der Waals surface area contributed by atoms with E-state index >= 15 is 0 Å². The van der Waals surface area contributed by atoms with Gasteiger partial charge in [-0.25, -0.2) is 4.98 Å². The van der Waals surface area contributed by atoms with Gasteiger partial charge in [0.05, 0.1) is 11.1 Å². The van der Waals surface area contributed by atoms with Crippen LogP contribution in [0.15, 0.2) is 46.4 Å². The zero-order valence-electron chi connectivity index (χ0n) is 10.2. The van der Waals surface area contributed by atoms with Crippen molar-refractivity contribution in [3.8, 4) is 22.2 Å². The van der Waals surface area contributed by atoms with Crippen LogP contribution < -0.4 is 5.73 Å². The van der Waals surface area contributed by atoms with Gasteiger partial charge in [-0.1, -0.05) is 6.07 Å². The first-order chi connectivity index (χ1) is 9.81. The van der Waals surface area contributed by atoms with E-state index in [9.17, 15) is 0 Å². The topological polar surface area (TPSA) is 82.2 Å². The molecule has 6 nitrogen and oxygen atoms in total. The summed E-state index contributed by atoms with van der Waals surface area (Å²) in [4.78, 5) is 9.71. The Morgan fingerprint density at radius 1 is 1.20 bits per heavy atom. The lowest BCUT2D eigenvalue weighted by molar-refractivity contribution is 0.577. The number of aromatic nitrogens is 4. The van der Waals surface area contributed by atoms with E-state index in [4.69, 9.17) is 10.2 Å². The Morgan fingerprint density at radius 3 is 2.90 bits per heavy atom. The Kier molecular flexibility index (Phi) is 2.33. The van der Waals surface area contributed by atoms with Crippen molar-refractivity contribution in [1.29, 1.82) is 0 Å². The first-order valence-corrected chi connectivity index (χ1v) is 6.80. The van der Waals surface area contributed by atoms with Crippen molar-refractivity contribution in [3.63, 3.8) is 0 Å². The molecule has 0 spiro atoms. The third-order valence-corrected chi connectivity index (χ3v) is 3.76. The highest BCUT2D eigenvalue weighted by Gasteiger charge is 2.13. The summed E-state index contributed by atoms with van der Waals surface area (Å²) in [7, 11) is 0. The molecular weight excluding hydrogens is 274 g/mol. The number of hydrogen-bond acceptors (Lipinski definition) is 6. The molecule has 0 unspecified atom stereocenters. The monoisotopic (exact) mass is 283 g/mol. The van der Waals surface area contributed by atoms with Crippen LogP contribution in [0.4, 0.5) is 5.95 Å². The average molecular weight is 283 g/mol. The van der Waals surface area contributed by atoms with E-state index in [1.807, 2.05) is 23.6 Å². The Morgan fingerprint density at radius 2 is 2.15 bits per heavy atom. The van der Waals surface area contributed by atoms with Gasteiger partial charge in [-0.05, 0) is 23.6 Å². The first kappa shape index (κ1) is 11.2. The summed E-state index contributed by atoms with van der Waals surface area (Å²) < 4.78 is 6.82. The van der Waals surface area contributed by atoms with E-state index in [2.05, 4.69) is 15.1 Å². The van der Waals surface area contributed by atoms with Gasteiger partial charge in [0.1, 0.15) is 5.69 Å². The molecule has 2 N–H and O–H groups in total. The second-order valence-corrected chi connectivity index (χ2v) is 5.11. The van der Waals surface area contributed by atoms with Crippen LogP contribution in [0.2, 0.25) is 0 Å². The Labute approximate surface area is 117 Å². The number of fused-ring (bicyclic) bond motifs is 1. The number of rotatable bonds is 2.